The average Bonchev–Trinajstić information content (AvgIpc) is 2.79. The van der Waals surface area contributed by atoms with Crippen molar-refractivity contribution in [1.29, 1.82) is 0 Å². The highest BCUT2D eigenvalue weighted by Gasteiger charge is 2.26. The highest BCUT2D eigenvalue weighted by atomic mass is 16.4. The average molecular weight is 266 g/mol. The second-order valence-corrected chi connectivity index (χ2v) is 5.43. The number of hydrogen-bond acceptors (Lipinski definition) is 4. The van der Waals surface area contributed by atoms with Gasteiger partial charge in [-0.1, -0.05) is 6.42 Å². The lowest BCUT2D eigenvalue weighted by Gasteiger charge is -2.34. The van der Waals surface area contributed by atoms with Gasteiger partial charge in [0.2, 0.25) is 0 Å². The zero-order valence-corrected chi connectivity index (χ0v) is 11.6. The Bertz CT molecular complexity index is 430. The van der Waals surface area contributed by atoms with Gasteiger partial charge in [0, 0.05) is 12.1 Å². The minimum absolute atomic E-state index is 0.128. The fourth-order valence-electron chi connectivity index (χ4n) is 2.70. The van der Waals surface area contributed by atoms with Gasteiger partial charge in [-0.15, -0.1) is 0 Å². The number of aromatic nitrogens is 3. The van der Waals surface area contributed by atoms with E-state index in [9.17, 15) is 4.79 Å². The molecule has 0 aromatic carbocycles. The van der Waals surface area contributed by atoms with Crippen LogP contribution in [0.1, 0.15) is 51.4 Å². The molecule has 0 radical (unpaired) electrons. The normalized spacial score (nSPS) is 20.9. The van der Waals surface area contributed by atoms with E-state index in [0.717, 1.165) is 31.6 Å². The molecule has 1 N–H and O–H groups in total. The zero-order valence-electron chi connectivity index (χ0n) is 11.6. The molecule has 0 amide bonds. The summed E-state index contributed by atoms with van der Waals surface area (Å²) in [5.41, 5.74) is 0. The lowest BCUT2D eigenvalue weighted by atomic mass is 9.99. The molecule has 2 rings (SSSR count). The number of aliphatic carboxylic acids is 1. The summed E-state index contributed by atoms with van der Waals surface area (Å²) >= 11 is 0. The molecule has 1 aliphatic rings. The van der Waals surface area contributed by atoms with Gasteiger partial charge >= 0.3 is 5.97 Å². The molecule has 6 nitrogen and oxygen atoms in total. The van der Waals surface area contributed by atoms with Crippen molar-refractivity contribution in [3.63, 3.8) is 0 Å². The number of carboxylic acids is 1. The van der Waals surface area contributed by atoms with Crippen molar-refractivity contribution < 1.29 is 9.90 Å². The fourth-order valence-corrected chi connectivity index (χ4v) is 2.70. The van der Waals surface area contributed by atoms with E-state index < -0.39 is 5.97 Å². The molecule has 0 saturated carbocycles. The lowest BCUT2D eigenvalue weighted by molar-refractivity contribution is -0.138. The molecule has 6 heteroatoms. The van der Waals surface area contributed by atoms with Crippen LogP contribution < -0.4 is 0 Å². The smallest absolute Gasteiger partial charge is 0.304 e. The van der Waals surface area contributed by atoms with Crippen LogP contribution >= 0.6 is 0 Å². The first-order chi connectivity index (χ1) is 9.08. The Morgan fingerprint density at radius 1 is 1.53 bits per heavy atom. The third-order valence-electron chi connectivity index (χ3n) is 3.64. The van der Waals surface area contributed by atoms with Crippen LogP contribution in [0, 0.1) is 0 Å². The highest BCUT2D eigenvalue weighted by molar-refractivity contribution is 5.67. The number of nitrogens with zero attached hydrogens (tertiary/aromatic N) is 4. The van der Waals surface area contributed by atoms with E-state index >= 15 is 0 Å². The summed E-state index contributed by atoms with van der Waals surface area (Å²) in [6.45, 7) is 5.78. The molecule has 0 aliphatic carbocycles. The standard InChI is InChI=1S/C13H22N4O2/c1-10(2)17-12(14-9-15-17)8-16-6-4-3-5-11(16)7-13(18)19/h9-11H,3-8H2,1-2H3,(H,18,19). The van der Waals surface area contributed by atoms with Gasteiger partial charge in [0.25, 0.3) is 0 Å². The van der Waals surface area contributed by atoms with E-state index in [2.05, 4.69) is 28.8 Å². The molecule has 1 atom stereocenters. The molecule has 1 unspecified atom stereocenters. The number of carboxylic acid groups (broad SMARTS) is 1. The Hall–Kier alpha value is -1.43. The maximum absolute atomic E-state index is 10.9. The first kappa shape index (κ1) is 14.0. The second kappa shape index (κ2) is 6.14. The van der Waals surface area contributed by atoms with Crippen LogP contribution in [-0.2, 0) is 11.3 Å². The van der Waals surface area contributed by atoms with Crippen molar-refractivity contribution >= 4 is 5.97 Å². The quantitative estimate of drug-likeness (QED) is 0.878. The number of piperidine rings is 1. The number of hydrogen-bond donors (Lipinski definition) is 1. The van der Waals surface area contributed by atoms with Crippen molar-refractivity contribution in [3.8, 4) is 0 Å². The van der Waals surface area contributed by atoms with Crippen molar-refractivity contribution in [3.05, 3.63) is 12.2 Å². The Morgan fingerprint density at radius 2 is 2.32 bits per heavy atom. The first-order valence-corrected chi connectivity index (χ1v) is 6.92. The van der Waals surface area contributed by atoms with Crippen LogP contribution in [0.4, 0.5) is 0 Å². The molecule has 0 spiro atoms. The SMILES string of the molecule is CC(C)n1ncnc1CN1CCCCC1CC(=O)O. The van der Waals surface area contributed by atoms with Crippen LogP contribution in [0.5, 0.6) is 0 Å². The molecule has 19 heavy (non-hydrogen) atoms. The van der Waals surface area contributed by atoms with Gasteiger partial charge in [-0.2, -0.15) is 5.10 Å². The van der Waals surface area contributed by atoms with Crippen molar-refractivity contribution in [2.45, 2.75) is 58.2 Å². The maximum atomic E-state index is 10.9. The van der Waals surface area contributed by atoms with Gasteiger partial charge in [0.05, 0.1) is 13.0 Å². The van der Waals surface area contributed by atoms with Crippen LogP contribution in [0.3, 0.4) is 0 Å². The van der Waals surface area contributed by atoms with Gasteiger partial charge in [-0.05, 0) is 33.2 Å². The van der Waals surface area contributed by atoms with Crippen LogP contribution in [0.25, 0.3) is 0 Å². The zero-order chi connectivity index (χ0) is 13.8. The molecule has 1 fully saturated rings. The van der Waals surface area contributed by atoms with Crippen LogP contribution in [0.2, 0.25) is 0 Å². The van der Waals surface area contributed by atoms with E-state index in [0.29, 0.717) is 6.54 Å². The summed E-state index contributed by atoms with van der Waals surface area (Å²) in [6, 6.07) is 0.406. The summed E-state index contributed by atoms with van der Waals surface area (Å²) < 4.78 is 1.91. The van der Waals surface area contributed by atoms with Crippen LogP contribution in [-0.4, -0.2) is 43.3 Å². The molecular formula is C13H22N4O2. The van der Waals surface area contributed by atoms with Gasteiger partial charge < -0.3 is 5.11 Å². The molecule has 2 heterocycles. The Balaban J connectivity index is 2.06. The molecular weight excluding hydrogens is 244 g/mol. The number of rotatable bonds is 5. The minimum atomic E-state index is -0.720. The minimum Gasteiger partial charge on any atom is -0.481 e. The summed E-state index contributed by atoms with van der Waals surface area (Å²) in [5, 5.41) is 13.2. The molecule has 1 aliphatic heterocycles. The summed E-state index contributed by atoms with van der Waals surface area (Å²) in [5.74, 6) is 0.203. The van der Waals surface area contributed by atoms with Gasteiger partial charge in [-0.3, -0.25) is 9.69 Å². The third kappa shape index (κ3) is 3.53. The van der Waals surface area contributed by atoms with E-state index in [1.54, 1.807) is 6.33 Å². The second-order valence-electron chi connectivity index (χ2n) is 5.43. The topological polar surface area (TPSA) is 71.2 Å². The number of carbonyl (C=O) groups is 1. The van der Waals surface area contributed by atoms with Crippen molar-refractivity contribution in [2.75, 3.05) is 6.54 Å². The molecule has 1 saturated heterocycles. The predicted octanol–water partition coefficient (Wildman–Crippen LogP) is 1.69. The van der Waals surface area contributed by atoms with E-state index in [1.165, 1.54) is 0 Å². The van der Waals surface area contributed by atoms with E-state index in [1.807, 2.05) is 4.68 Å². The van der Waals surface area contributed by atoms with Crippen LogP contribution in [0.15, 0.2) is 6.33 Å². The lowest BCUT2D eigenvalue weighted by Crippen LogP contribution is -2.41. The summed E-state index contributed by atoms with van der Waals surface area (Å²) in [4.78, 5) is 17.5. The van der Waals surface area contributed by atoms with Crippen molar-refractivity contribution in [1.82, 2.24) is 19.7 Å². The highest BCUT2D eigenvalue weighted by Crippen LogP contribution is 2.22. The van der Waals surface area contributed by atoms with Gasteiger partial charge in [0.15, 0.2) is 0 Å². The van der Waals surface area contributed by atoms with E-state index in [4.69, 9.17) is 5.11 Å². The number of likely N-dealkylation sites (tertiary alicyclic amines) is 1. The summed E-state index contributed by atoms with van der Waals surface area (Å²) in [6.07, 6.45) is 5.00. The largest absolute Gasteiger partial charge is 0.481 e. The molecule has 106 valence electrons. The van der Waals surface area contributed by atoms with E-state index in [-0.39, 0.29) is 18.5 Å². The van der Waals surface area contributed by atoms with Gasteiger partial charge in [-0.25, -0.2) is 9.67 Å². The molecule has 1 aromatic rings. The predicted molar refractivity (Wildman–Crippen MR) is 70.7 cm³/mol. The van der Waals surface area contributed by atoms with Gasteiger partial charge in [0.1, 0.15) is 12.2 Å². The van der Waals surface area contributed by atoms with Crippen molar-refractivity contribution in [2.24, 2.45) is 0 Å². The molecule has 0 bridgehead atoms. The molecule has 1 aromatic heterocycles. The maximum Gasteiger partial charge on any atom is 0.304 e. The Morgan fingerprint density at radius 3 is 3.00 bits per heavy atom. The Labute approximate surface area is 113 Å². The third-order valence-corrected chi connectivity index (χ3v) is 3.64. The summed E-state index contributed by atoms with van der Waals surface area (Å²) in [7, 11) is 0. The fraction of sp³-hybridized carbons (Fsp3) is 0.769. The monoisotopic (exact) mass is 266 g/mol. The first-order valence-electron chi connectivity index (χ1n) is 6.92. The Kier molecular flexibility index (Phi) is 4.52.